The largest absolute Gasteiger partial charge is 0.363 e. The van der Waals surface area contributed by atoms with Crippen molar-refractivity contribution in [2.75, 3.05) is 0 Å². The molecule has 0 aromatic carbocycles. The molecular formula is C11H12N2O. The number of rotatable bonds is 3. The van der Waals surface area contributed by atoms with Crippen molar-refractivity contribution >= 4 is 0 Å². The zero-order valence-corrected chi connectivity index (χ0v) is 8.27. The van der Waals surface area contributed by atoms with Crippen molar-refractivity contribution in [3.63, 3.8) is 0 Å². The molecule has 3 nitrogen and oxygen atoms in total. The van der Waals surface area contributed by atoms with E-state index in [4.69, 9.17) is 17.1 Å². The quantitative estimate of drug-likeness (QED) is 0.731. The van der Waals surface area contributed by atoms with Gasteiger partial charge in [-0.2, -0.15) is 5.26 Å². The molecule has 0 saturated carbocycles. The van der Waals surface area contributed by atoms with Crippen molar-refractivity contribution in [2.24, 2.45) is 5.41 Å². The van der Waals surface area contributed by atoms with E-state index >= 15 is 0 Å². The maximum Gasteiger partial charge on any atom is 0.116 e. The van der Waals surface area contributed by atoms with Crippen LogP contribution in [-0.4, -0.2) is 4.98 Å². The van der Waals surface area contributed by atoms with Gasteiger partial charge in [0.15, 0.2) is 0 Å². The average molecular weight is 188 g/mol. The fourth-order valence-electron chi connectivity index (χ4n) is 1.26. The topological polar surface area (TPSA) is 45.9 Å². The van der Waals surface area contributed by atoms with Gasteiger partial charge in [0.1, 0.15) is 13.2 Å². The smallest absolute Gasteiger partial charge is 0.116 e. The number of pyridine rings is 1. The molecule has 0 spiro atoms. The van der Waals surface area contributed by atoms with Gasteiger partial charge in [-0.15, -0.1) is 0 Å². The number of ether oxygens (including phenoxy) is 1. The predicted molar refractivity (Wildman–Crippen MR) is 51.8 cm³/mol. The summed E-state index contributed by atoms with van der Waals surface area (Å²) in [6, 6.07) is 5.78. The Hall–Kier alpha value is -1.40. The summed E-state index contributed by atoms with van der Waals surface area (Å²) in [6.45, 7) is 3.55. The second-order valence-electron chi connectivity index (χ2n) is 3.64. The first-order valence-electron chi connectivity index (χ1n) is 4.28. The predicted octanol–water partition coefficient (Wildman–Crippen LogP) is 2.36. The summed E-state index contributed by atoms with van der Waals surface area (Å²) in [5, 5.41) is 8.95. The van der Waals surface area contributed by atoms with E-state index in [9.17, 15) is 0 Å². The summed E-state index contributed by atoms with van der Waals surface area (Å²) in [5.41, 5.74) is 0.138. The SMILES string of the molecule is [CH]OC(c1cccnc1)C(C)(C)C#N. The molecule has 1 aromatic rings. The van der Waals surface area contributed by atoms with E-state index in [0.717, 1.165) is 5.56 Å². The standard InChI is InChI=1S/C11H12N2O/c1-11(2,8-12)10(14-3)9-5-4-6-13-7-9/h3-7,10H,1-2H3. The summed E-state index contributed by atoms with van der Waals surface area (Å²) < 4.78 is 4.83. The summed E-state index contributed by atoms with van der Waals surface area (Å²) >= 11 is 0. The van der Waals surface area contributed by atoms with Crippen LogP contribution in [0.3, 0.4) is 0 Å². The molecule has 0 aliphatic rings. The Balaban J connectivity index is 3.01. The molecule has 2 radical (unpaired) electrons. The molecule has 0 fully saturated rings. The highest BCUT2D eigenvalue weighted by Crippen LogP contribution is 2.35. The van der Waals surface area contributed by atoms with Gasteiger partial charge in [0.05, 0.1) is 11.5 Å². The third-order valence-corrected chi connectivity index (χ3v) is 2.07. The van der Waals surface area contributed by atoms with E-state index < -0.39 is 11.5 Å². The molecule has 0 amide bonds. The summed E-state index contributed by atoms with van der Waals surface area (Å²) in [5.74, 6) is 0. The Bertz CT molecular complexity index is 327. The Morgan fingerprint density at radius 3 is 2.79 bits per heavy atom. The number of aromatic nitrogens is 1. The highest BCUT2D eigenvalue weighted by Gasteiger charge is 2.31. The number of nitriles is 1. The third kappa shape index (κ3) is 2.09. The van der Waals surface area contributed by atoms with Crippen LogP contribution in [0.4, 0.5) is 0 Å². The van der Waals surface area contributed by atoms with Gasteiger partial charge in [0.2, 0.25) is 0 Å². The van der Waals surface area contributed by atoms with E-state index in [1.807, 2.05) is 6.07 Å². The molecule has 14 heavy (non-hydrogen) atoms. The normalized spacial score (nSPS) is 13.3. The van der Waals surface area contributed by atoms with Crippen molar-refractivity contribution in [3.05, 3.63) is 37.2 Å². The van der Waals surface area contributed by atoms with Crippen LogP contribution in [-0.2, 0) is 4.74 Å². The van der Waals surface area contributed by atoms with Gasteiger partial charge < -0.3 is 4.74 Å². The molecule has 1 heterocycles. The van der Waals surface area contributed by atoms with Crippen LogP contribution in [0, 0.1) is 23.9 Å². The second-order valence-corrected chi connectivity index (χ2v) is 3.64. The molecular weight excluding hydrogens is 176 g/mol. The van der Waals surface area contributed by atoms with E-state index in [1.165, 1.54) is 0 Å². The second kappa shape index (κ2) is 4.21. The zero-order valence-electron chi connectivity index (χ0n) is 8.27. The van der Waals surface area contributed by atoms with Gasteiger partial charge in [0.25, 0.3) is 0 Å². The average Bonchev–Trinajstić information content (AvgIpc) is 2.20. The number of nitrogens with zero attached hydrogens (tertiary/aromatic N) is 2. The Kier molecular flexibility index (Phi) is 3.21. The Morgan fingerprint density at radius 1 is 1.64 bits per heavy atom. The molecule has 1 aromatic heterocycles. The molecule has 0 bridgehead atoms. The number of hydrogen-bond donors (Lipinski definition) is 0. The van der Waals surface area contributed by atoms with E-state index in [2.05, 4.69) is 11.1 Å². The summed E-state index contributed by atoms with van der Waals surface area (Å²) in [4.78, 5) is 3.96. The van der Waals surface area contributed by atoms with Crippen LogP contribution >= 0.6 is 0 Å². The Labute approximate surface area is 84.3 Å². The van der Waals surface area contributed by atoms with Crippen LogP contribution in [0.2, 0.25) is 0 Å². The van der Waals surface area contributed by atoms with E-state index in [1.54, 1.807) is 32.3 Å². The van der Waals surface area contributed by atoms with Crippen molar-refractivity contribution in [1.29, 1.82) is 5.26 Å². The van der Waals surface area contributed by atoms with Crippen molar-refractivity contribution < 1.29 is 4.74 Å². The van der Waals surface area contributed by atoms with Crippen molar-refractivity contribution in [2.45, 2.75) is 20.0 Å². The summed E-state index contributed by atoms with van der Waals surface area (Å²) in [7, 11) is 5.19. The van der Waals surface area contributed by atoms with Gasteiger partial charge in [-0.05, 0) is 19.9 Å². The van der Waals surface area contributed by atoms with Gasteiger partial charge >= 0.3 is 0 Å². The molecule has 3 heteroatoms. The molecule has 1 unspecified atom stereocenters. The molecule has 0 aliphatic heterocycles. The molecule has 1 rings (SSSR count). The van der Waals surface area contributed by atoms with Crippen LogP contribution in [0.1, 0.15) is 25.5 Å². The van der Waals surface area contributed by atoms with Gasteiger partial charge in [-0.1, -0.05) is 6.07 Å². The highest BCUT2D eigenvalue weighted by molar-refractivity contribution is 5.18. The van der Waals surface area contributed by atoms with Gasteiger partial charge in [-0.3, -0.25) is 4.98 Å². The lowest BCUT2D eigenvalue weighted by atomic mass is 9.84. The lowest BCUT2D eigenvalue weighted by molar-refractivity contribution is 0.0609. The van der Waals surface area contributed by atoms with Crippen molar-refractivity contribution in [3.8, 4) is 6.07 Å². The maximum atomic E-state index is 8.95. The summed E-state index contributed by atoms with van der Waals surface area (Å²) in [6.07, 6.45) is 2.86. The monoisotopic (exact) mass is 188 g/mol. The molecule has 1 atom stereocenters. The third-order valence-electron chi connectivity index (χ3n) is 2.07. The molecule has 72 valence electrons. The fourth-order valence-corrected chi connectivity index (χ4v) is 1.26. The zero-order chi connectivity index (χ0) is 10.6. The van der Waals surface area contributed by atoms with E-state index in [0.29, 0.717) is 0 Å². The molecule has 0 aliphatic carbocycles. The van der Waals surface area contributed by atoms with Gasteiger partial charge in [0, 0.05) is 18.0 Å². The van der Waals surface area contributed by atoms with Crippen molar-refractivity contribution in [1.82, 2.24) is 4.98 Å². The first-order valence-corrected chi connectivity index (χ1v) is 4.28. The van der Waals surface area contributed by atoms with Crippen LogP contribution in [0.5, 0.6) is 0 Å². The minimum atomic E-state index is -0.669. The van der Waals surface area contributed by atoms with Crippen LogP contribution in [0.15, 0.2) is 24.5 Å². The number of hydrogen-bond acceptors (Lipinski definition) is 3. The highest BCUT2D eigenvalue weighted by atomic mass is 16.5. The first-order chi connectivity index (χ1) is 6.61. The lowest BCUT2D eigenvalue weighted by Crippen LogP contribution is -2.21. The van der Waals surface area contributed by atoms with Crippen LogP contribution in [0.25, 0.3) is 0 Å². The molecule has 0 N–H and O–H groups in total. The molecule has 0 saturated heterocycles. The lowest BCUT2D eigenvalue weighted by Gasteiger charge is -2.26. The maximum absolute atomic E-state index is 8.95. The Morgan fingerprint density at radius 2 is 2.36 bits per heavy atom. The fraction of sp³-hybridized carbons (Fsp3) is 0.364. The minimum Gasteiger partial charge on any atom is -0.363 e. The first kappa shape index (κ1) is 10.7. The van der Waals surface area contributed by atoms with Crippen LogP contribution < -0.4 is 0 Å². The minimum absolute atomic E-state index is 0.457. The van der Waals surface area contributed by atoms with Gasteiger partial charge in [-0.25, -0.2) is 0 Å². The van der Waals surface area contributed by atoms with E-state index in [-0.39, 0.29) is 0 Å².